The fourth-order valence-corrected chi connectivity index (χ4v) is 2.00. The van der Waals surface area contributed by atoms with E-state index in [9.17, 15) is 9.59 Å². The van der Waals surface area contributed by atoms with Crippen LogP contribution in [0.1, 0.15) is 27.9 Å². The summed E-state index contributed by atoms with van der Waals surface area (Å²) >= 11 is 5.75. The molecule has 2 aromatic rings. The third-order valence-electron chi connectivity index (χ3n) is 3.18. The van der Waals surface area contributed by atoms with Crippen LogP contribution < -0.4 is 10.9 Å². The molecule has 0 spiro atoms. The van der Waals surface area contributed by atoms with Crippen LogP contribution in [0.2, 0.25) is 5.02 Å². The predicted octanol–water partition coefficient (Wildman–Crippen LogP) is 3.04. The molecule has 2 amide bonds. The van der Waals surface area contributed by atoms with E-state index < -0.39 is 0 Å². The van der Waals surface area contributed by atoms with Crippen molar-refractivity contribution in [2.75, 3.05) is 0 Å². The number of hydrogen-bond donors (Lipinski definition) is 2. The number of nitrogens with one attached hydrogen (secondary N) is 2. The average molecular weight is 317 g/mol. The summed E-state index contributed by atoms with van der Waals surface area (Å²) in [5.74, 6) is -0.608. The van der Waals surface area contributed by atoms with Gasteiger partial charge in [0.25, 0.3) is 5.91 Å². The van der Waals surface area contributed by atoms with Crippen molar-refractivity contribution in [2.24, 2.45) is 0 Å². The average Bonchev–Trinajstić information content (AvgIpc) is 2.52. The maximum Gasteiger partial charge on any atom is 0.269 e. The Kier molecular flexibility index (Phi) is 5.55. The van der Waals surface area contributed by atoms with Crippen LogP contribution in [-0.2, 0) is 11.2 Å². The molecule has 0 radical (unpaired) electrons. The third-order valence-corrected chi connectivity index (χ3v) is 3.44. The van der Waals surface area contributed by atoms with Gasteiger partial charge in [0.05, 0.1) is 0 Å². The molecule has 0 unspecified atom stereocenters. The fraction of sp³-hybridized carbons (Fsp3) is 0.176. The first-order valence-corrected chi connectivity index (χ1v) is 7.33. The van der Waals surface area contributed by atoms with E-state index >= 15 is 0 Å². The highest BCUT2D eigenvalue weighted by Crippen LogP contribution is 2.09. The summed E-state index contributed by atoms with van der Waals surface area (Å²) < 4.78 is 0. The van der Waals surface area contributed by atoms with E-state index in [1.807, 2.05) is 31.2 Å². The topological polar surface area (TPSA) is 58.2 Å². The lowest BCUT2D eigenvalue weighted by Gasteiger charge is -2.07. The number of halogens is 1. The van der Waals surface area contributed by atoms with Crippen LogP contribution in [0.15, 0.2) is 48.5 Å². The molecule has 0 aliphatic rings. The van der Waals surface area contributed by atoms with Gasteiger partial charge in [0.1, 0.15) is 0 Å². The number of amides is 2. The van der Waals surface area contributed by atoms with E-state index in [4.69, 9.17) is 11.6 Å². The van der Waals surface area contributed by atoms with Crippen molar-refractivity contribution in [3.63, 3.8) is 0 Å². The second kappa shape index (κ2) is 7.61. The van der Waals surface area contributed by atoms with E-state index in [1.165, 1.54) is 5.56 Å². The Labute approximate surface area is 134 Å². The molecule has 0 aliphatic carbocycles. The highest BCUT2D eigenvalue weighted by molar-refractivity contribution is 6.30. The van der Waals surface area contributed by atoms with Crippen LogP contribution in [0.5, 0.6) is 0 Å². The first kappa shape index (κ1) is 16.0. The van der Waals surface area contributed by atoms with Gasteiger partial charge in [-0.25, -0.2) is 0 Å². The van der Waals surface area contributed by atoms with Gasteiger partial charge in [-0.15, -0.1) is 0 Å². The van der Waals surface area contributed by atoms with Gasteiger partial charge >= 0.3 is 0 Å². The summed E-state index contributed by atoms with van der Waals surface area (Å²) in [7, 11) is 0. The lowest BCUT2D eigenvalue weighted by molar-refractivity contribution is -0.121. The van der Waals surface area contributed by atoms with E-state index in [0.717, 1.165) is 5.56 Å². The van der Waals surface area contributed by atoms with E-state index in [0.29, 0.717) is 23.4 Å². The Bertz CT molecular complexity index is 651. The van der Waals surface area contributed by atoms with Gasteiger partial charge in [-0.1, -0.05) is 41.4 Å². The zero-order chi connectivity index (χ0) is 15.9. The highest BCUT2D eigenvalue weighted by atomic mass is 35.5. The Morgan fingerprint density at radius 1 is 0.955 bits per heavy atom. The summed E-state index contributed by atoms with van der Waals surface area (Å²) in [6, 6.07) is 14.4. The lowest BCUT2D eigenvalue weighted by Crippen LogP contribution is -2.41. The largest absolute Gasteiger partial charge is 0.273 e. The zero-order valence-corrected chi connectivity index (χ0v) is 13.0. The van der Waals surface area contributed by atoms with Crippen molar-refractivity contribution in [1.82, 2.24) is 10.9 Å². The smallest absolute Gasteiger partial charge is 0.269 e. The number of carbonyl (C=O) groups is 2. The minimum absolute atomic E-state index is 0.233. The molecule has 5 heteroatoms. The zero-order valence-electron chi connectivity index (χ0n) is 12.2. The van der Waals surface area contributed by atoms with Crippen LogP contribution in [0.25, 0.3) is 0 Å². The molecule has 22 heavy (non-hydrogen) atoms. The Balaban J connectivity index is 1.76. The predicted molar refractivity (Wildman–Crippen MR) is 86.6 cm³/mol. The van der Waals surface area contributed by atoms with Crippen molar-refractivity contribution < 1.29 is 9.59 Å². The van der Waals surface area contributed by atoms with Gasteiger partial charge in [0.15, 0.2) is 0 Å². The maximum absolute atomic E-state index is 11.8. The Morgan fingerprint density at radius 2 is 1.59 bits per heavy atom. The quantitative estimate of drug-likeness (QED) is 0.852. The fourth-order valence-electron chi connectivity index (χ4n) is 1.88. The number of carbonyl (C=O) groups excluding carboxylic acids is 2. The van der Waals surface area contributed by atoms with Crippen molar-refractivity contribution in [3.8, 4) is 0 Å². The van der Waals surface area contributed by atoms with Gasteiger partial charge in [-0.2, -0.15) is 0 Å². The van der Waals surface area contributed by atoms with Gasteiger partial charge in [0.2, 0.25) is 5.91 Å². The molecule has 0 saturated heterocycles. The SMILES string of the molecule is Cc1ccc(CCC(=O)NNC(=O)c2ccc(Cl)cc2)cc1. The van der Waals surface area contributed by atoms with Gasteiger partial charge in [0, 0.05) is 17.0 Å². The monoisotopic (exact) mass is 316 g/mol. The summed E-state index contributed by atoms with van der Waals surface area (Å²) in [5.41, 5.74) is 7.49. The van der Waals surface area contributed by atoms with Crippen LogP contribution in [0.4, 0.5) is 0 Å². The van der Waals surface area contributed by atoms with Gasteiger partial charge in [-0.3, -0.25) is 20.4 Å². The van der Waals surface area contributed by atoms with Gasteiger partial charge < -0.3 is 0 Å². The first-order chi connectivity index (χ1) is 10.5. The molecule has 2 N–H and O–H groups in total. The maximum atomic E-state index is 11.8. The second-order valence-corrected chi connectivity index (χ2v) is 5.43. The van der Waals surface area contributed by atoms with Gasteiger partial charge in [-0.05, 0) is 43.2 Å². The molecule has 0 heterocycles. The van der Waals surface area contributed by atoms with E-state index in [2.05, 4.69) is 10.9 Å². The van der Waals surface area contributed by atoms with Crippen LogP contribution in [0, 0.1) is 6.92 Å². The Hall–Kier alpha value is -2.33. The standard InChI is InChI=1S/C17H17ClN2O2/c1-12-2-4-13(5-3-12)6-11-16(21)19-20-17(22)14-7-9-15(18)10-8-14/h2-5,7-10H,6,11H2,1H3,(H,19,21)(H,20,22). The molecule has 0 saturated carbocycles. The molecule has 0 aromatic heterocycles. The first-order valence-electron chi connectivity index (χ1n) is 6.95. The van der Waals surface area contributed by atoms with Crippen molar-refractivity contribution >= 4 is 23.4 Å². The molecule has 0 bridgehead atoms. The molecule has 2 rings (SSSR count). The number of rotatable bonds is 4. The summed E-state index contributed by atoms with van der Waals surface area (Å²) in [4.78, 5) is 23.5. The minimum Gasteiger partial charge on any atom is -0.273 e. The molecule has 4 nitrogen and oxygen atoms in total. The molecule has 0 fully saturated rings. The molecular formula is C17H17ClN2O2. The minimum atomic E-state index is -0.375. The van der Waals surface area contributed by atoms with Crippen LogP contribution >= 0.6 is 11.6 Å². The number of aryl methyl sites for hydroxylation is 2. The van der Waals surface area contributed by atoms with Crippen molar-refractivity contribution in [3.05, 3.63) is 70.2 Å². The summed E-state index contributed by atoms with van der Waals surface area (Å²) in [6.07, 6.45) is 0.937. The van der Waals surface area contributed by atoms with Crippen LogP contribution in [-0.4, -0.2) is 11.8 Å². The highest BCUT2D eigenvalue weighted by Gasteiger charge is 2.07. The molecule has 0 atom stereocenters. The molecule has 114 valence electrons. The normalized spacial score (nSPS) is 10.1. The molecule has 0 aliphatic heterocycles. The number of hydrogen-bond acceptors (Lipinski definition) is 2. The summed E-state index contributed by atoms with van der Waals surface area (Å²) in [5, 5.41) is 0.554. The van der Waals surface area contributed by atoms with E-state index in [-0.39, 0.29) is 11.8 Å². The third kappa shape index (κ3) is 4.90. The van der Waals surface area contributed by atoms with Crippen LogP contribution in [0.3, 0.4) is 0 Å². The molecule has 2 aromatic carbocycles. The van der Waals surface area contributed by atoms with E-state index in [1.54, 1.807) is 24.3 Å². The number of benzene rings is 2. The number of hydrazine groups is 1. The lowest BCUT2D eigenvalue weighted by atomic mass is 10.1. The van der Waals surface area contributed by atoms with Crippen molar-refractivity contribution in [2.45, 2.75) is 19.8 Å². The second-order valence-electron chi connectivity index (χ2n) is 4.99. The molecular weight excluding hydrogens is 300 g/mol. The van der Waals surface area contributed by atoms with Crippen molar-refractivity contribution in [1.29, 1.82) is 0 Å². The summed E-state index contributed by atoms with van der Waals surface area (Å²) in [6.45, 7) is 2.02. The Morgan fingerprint density at radius 3 is 2.23 bits per heavy atom.